The first kappa shape index (κ1) is 40.9. The number of thiophene rings is 2. The zero-order valence-electron chi connectivity index (χ0n) is 35.5. The summed E-state index contributed by atoms with van der Waals surface area (Å²) in [6.45, 7) is 4.60. The number of unbranched alkanes of at least 4 members (excludes halogenated alkanes) is 18. The minimum absolute atomic E-state index is 1.20. The fourth-order valence-electron chi connectivity index (χ4n) is 9.42. The highest BCUT2D eigenvalue weighted by Crippen LogP contribution is 2.40. The minimum Gasteiger partial charge on any atom is -0.354 e. The van der Waals surface area contributed by atoms with Gasteiger partial charge in [0.1, 0.15) is 0 Å². The average Bonchev–Trinajstić information content (AvgIpc) is 4.08. The van der Waals surface area contributed by atoms with Crippen molar-refractivity contribution in [1.82, 2.24) is 9.97 Å². The van der Waals surface area contributed by atoms with Gasteiger partial charge >= 0.3 is 0 Å². The molecule has 0 spiro atoms. The molecule has 0 aliphatic heterocycles. The van der Waals surface area contributed by atoms with Crippen molar-refractivity contribution in [2.45, 2.75) is 155 Å². The van der Waals surface area contributed by atoms with Gasteiger partial charge in [0.2, 0.25) is 0 Å². The van der Waals surface area contributed by atoms with Crippen LogP contribution < -0.4 is 0 Å². The van der Waals surface area contributed by atoms with Gasteiger partial charge < -0.3 is 9.97 Å². The second kappa shape index (κ2) is 20.4. The molecule has 0 unspecified atom stereocenters. The molecule has 0 aliphatic rings. The smallest absolute Gasteiger partial charge is 0.0566 e. The van der Waals surface area contributed by atoms with Crippen molar-refractivity contribution < 1.29 is 0 Å². The number of nitrogens with one attached hydrogen (secondary N) is 2. The van der Waals surface area contributed by atoms with Crippen LogP contribution >= 0.6 is 22.7 Å². The van der Waals surface area contributed by atoms with Crippen molar-refractivity contribution >= 4 is 76.8 Å². The molecule has 0 fully saturated rings. The zero-order chi connectivity index (χ0) is 39.5. The maximum absolute atomic E-state index is 3.77. The van der Waals surface area contributed by atoms with E-state index in [0.717, 1.165) is 0 Å². The van der Waals surface area contributed by atoms with Crippen LogP contribution in [0.3, 0.4) is 0 Å². The lowest BCUT2D eigenvalue weighted by Gasteiger charge is -2.09. The first-order chi connectivity index (χ1) is 28.7. The Morgan fingerprint density at radius 3 is 1.00 bits per heavy atom. The van der Waals surface area contributed by atoms with Crippen LogP contribution in [0.15, 0.2) is 84.9 Å². The van der Waals surface area contributed by atoms with Crippen molar-refractivity contribution in [3.05, 3.63) is 94.7 Å². The summed E-state index contributed by atoms with van der Waals surface area (Å²) in [5.74, 6) is 0. The Labute approximate surface area is 355 Å². The van der Waals surface area contributed by atoms with E-state index < -0.39 is 0 Å². The van der Waals surface area contributed by atoms with E-state index in [4.69, 9.17) is 0 Å². The number of aromatic nitrogens is 2. The van der Waals surface area contributed by atoms with E-state index in [1.54, 1.807) is 0 Å². The lowest BCUT2D eigenvalue weighted by molar-refractivity contribution is 0.557. The number of hydrogen-bond acceptors (Lipinski definition) is 2. The number of benzene rings is 4. The van der Waals surface area contributed by atoms with Crippen LogP contribution in [0.4, 0.5) is 0 Å². The van der Waals surface area contributed by atoms with E-state index in [-0.39, 0.29) is 0 Å². The fourth-order valence-corrected chi connectivity index (χ4v) is 11.5. The first-order valence-electron chi connectivity index (χ1n) is 23.3. The fraction of sp³-hybridized carbons (Fsp3) is 0.444. The maximum Gasteiger partial charge on any atom is 0.0566 e. The Bertz CT molecular complexity index is 2350. The summed E-state index contributed by atoms with van der Waals surface area (Å²) in [6, 6.07) is 32.8. The van der Waals surface area contributed by atoms with Gasteiger partial charge in [-0.2, -0.15) is 0 Å². The third kappa shape index (κ3) is 9.77. The normalized spacial score (nSPS) is 12.1. The molecule has 2 nitrogen and oxygen atoms in total. The highest BCUT2D eigenvalue weighted by molar-refractivity contribution is 7.15. The monoisotopic (exact) mass is 806 g/mol. The summed E-state index contributed by atoms with van der Waals surface area (Å²) < 4.78 is 0. The third-order valence-corrected chi connectivity index (χ3v) is 15.2. The van der Waals surface area contributed by atoms with Crippen molar-refractivity contribution in [1.29, 1.82) is 0 Å². The summed E-state index contributed by atoms with van der Waals surface area (Å²) in [5, 5.41) is 10.6. The van der Waals surface area contributed by atoms with E-state index in [0.29, 0.717) is 0 Å². The molecule has 0 saturated heterocycles. The number of aromatic amines is 2. The molecule has 4 aromatic heterocycles. The average molecular weight is 807 g/mol. The van der Waals surface area contributed by atoms with E-state index in [1.165, 1.54) is 226 Å². The molecule has 0 aliphatic carbocycles. The standard InChI is InChI=1S/C54H66N2S2/c1-3-5-7-9-11-13-15-17-19-21-23-39-25-35-53(57-39)51-37-47-45-29-27-42-41(43(45)31-33-49(47)55-51)28-30-46-44(42)32-34-50-48(46)38-52(56-50)54-36-26-40(58-54)24-22-20-18-16-14-12-10-8-6-4-2/h25-38,55-56H,3-24H2,1-2H3. The molecule has 4 heterocycles. The van der Waals surface area contributed by atoms with Gasteiger partial charge in [-0.05, 0) is 107 Å². The largest absolute Gasteiger partial charge is 0.354 e. The molecule has 2 N–H and O–H groups in total. The van der Waals surface area contributed by atoms with Gasteiger partial charge in [0, 0.05) is 31.6 Å². The summed E-state index contributed by atoms with van der Waals surface area (Å²) in [7, 11) is 0. The van der Waals surface area contributed by atoms with Gasteiger partial charge in [-0.15, -0.1) is 22.7 Å². The Hall–Kier alpha value is -3.86. The van der Waals surface area contributed by atoms with Crippen LogP contribution in [0.1, 0.15) is 152 Å². The summed E-state index contributed by atoms with van der Waals surface area (Å²) in [6.07, 6.45) is 30.2. The van der Waals surface area contributed by atoms with Crippen LogP contribution in [0.2, 0.25) is 0 Å². The Kier molecular flexibility index (Phi) is 14.4. The second-order valence-electron chi connectivity index (χ2n) is 17.2. The molecule has 0 saturated carbocycles. The molecule has 8 rings (SSSR count). The predicted octanol–water partition coefficient (Wildman–Crippen LogP) is 18.5. The van der Waals surface area contributed by atoms with Crippen LogP contribution in [0.25, 0.3) is 75.3 Å². The van der Waals surface area contributed by atoms with Crippen LogP contribution in [0.5, 0.6) is 0 Å². The number of rotatable bonds is 24. The maximum atomic E-state index is 3.77. The Morgan fingerprint density at radius 1 is 0.328 bits per heavy atom. The molecular formula is C54H66N2S2. The van der Waals surface area contributed by atoms with Crippen molar-refractivity contribution in [2.24, 2.45) is 0 Å². The lowest BCUT2D eigenvalue weighted by Crippen LogP contribution is -1.84. The van der Waals surface area contributed by atoms with Gasteiger partial charge in [0.15, 0.2) is 0 Å². The predicted molar refractivity (Wildman–Crippen MR) is 260 cm³/mol. The molecular weight excluding hydrogens is 741 g/mol. The third-order valence-electron chi connectivity index (χ3n) is 12.8. The van der Waals surface area contributed by atoms with Gasteiger partial charge in [0.05, 0.1) is 21.1 Å². The molecule has 8 aromatic rings. The molecule has 0 amide bonds. The van der Waals surface area contributed by atoms with E-state index in [2.05, 4.69) is 109 Å². The molecule has 58 heavy (non-hydrogen) atoms. The molecule has 4 aromatic carbocycles. The summed E-state index contributed by atoms with van der Waals surface area (Å²) in [4.78, 5) is 13.3. The highest BCUT2D eigenvalue weighted by Gasteiger charge is 2.14. The summed E-state index contributed by atoms with van der Waals surface area (Å²) >= 11 is 3.93. The van der Waals surface area contributed by atoms with Gasteiger partial charge in [-0.25, -0.2) is 0 Å². The molecule has 304 valence electrons. The first-order valence-corrected chi connectivity index (χ1v) is 24.9. The van der Waals surface area contributed by atoms with Crippen molar-refractivity contribution in [2.75, 3.05) is 0 Å². The molecule has 0 radical (unpaired) electrons. The number of H-pyrrole nitrogens is 2. The number of aryl methyl sites for hydroxylation is 2. The molecule has 0 atom stereocenters. The van der Waals surface area contributed by atoms with Crippen molar-refractivity contribution in [3.63, 3.8) is 0 Å². The van der Waals surface area contributed by atoms with Crippen LogP contribution in [-0.4, -0.2) is 9.97 Å². The topological polar surface area (TPSA) is 31.6 Å². The lowest BCUT2D eigenvalue weighted by atomic mass is 9.94. The van der Waals surface area contributed by atoms with Gasteiger partial charge in [0.25, 0.3) is 0 Å². The van der Waals surface area contributed by atoms with E-state index in [1.807, 2.05) is 22.7 Å². The Morgan fingerprint density at radius 2 is 0.638 bits per heavy atom. The van der Waals surface area contributed by atoms with Crippen molar-refractivity contribution in [3.8, 4) is 21.1 Å². The van der Waals surface area contributed by atoms with E-state index in [9.17, 15) is 0 Å². The van der Waals surface area contributed by atoms with Gasteiger partial charge in [-0.1, -0.05) is 166 Å². The zero-order valence-corrected chi connectivity index (χ0v) is 37.1. The summed E-state index contributed by atoms with van der Waals surface area (Å²) in [5.41, 5.74) is 4.91. The Balaban J connectivity index is 0.911. The van der Waals surface area contributed by atoms with E-state index >= 15 is 0 Å². The van der Waals surface area contributed by atoms with Crippen LogP contribution in [0, 0.1) is 0 Å². The van der Waals surface area contributed by atoms with Crippen LogP contribution in [-0.2, 0) is 12.8 Å². The second-order valence-corrected chi connectivity index (χ2v) is 19.6. The highest BCUT2D eigenvalue weighted by atomic mass is 32.1. The number of fused-ring (bicyclic) bond motifs is 9. The molecule has 0 bridgehead atoms. The number of hydrogen-bond donors (Lipinski definition) is 2. The minimum atomic E-state index is 1.20. The van der Waals surface area contributed by atoms with Gasteiger partial charge in [-0.3, -0.25) is 0 Å². The quantitative estimate of drug-likeness (QED) is 0.0450. The molecule has 4 heteroatoms. The SMILES string of the molecule is CCCCCCCCCCCCc1ccc(-c2cc3c(ccc4c3ccc3c5ccc6[nH]c(-c7ccc(CCCCCCCCCCCC)s7)cc6c5ccc43)[nH]2)s1.